The van der Waals surface area contributed by atoms with Crippen molar-refractivity contribution in [3.8, 4) is 5.95 Å². The quantitative estimate of drug-likeness (QED) is 0.796. The van der Waals surface area contributed by atoms with Crippen molar-refractivity contribution in [3.63, 3.8) is 0 Å². The molecule has 0 amide bonds. The molecule has 2 aromatic heterocycles. The van der Waals surface area contributed by atoms with Crippen molar-refractivity contribution in [1.29, 1.82) is 0 Å². The summed E-state index contributed by atoms with van der Waals surface area (Å²) < 4.78 is 1.58. The predicted molar refractivity (Wildman–Crippen MR) is 62.8 cm³/mol. The molecule has 2 aromatic rings. The zero-order valence-corrected chi connectivity index (χ0v) is 9.32. The average Bonchev–Trinajstić information content (AvgIpc) is 3.02. The molecule has 1 aliphatic rings. The largest absolute Gasteiger partial charge is 0.368 e. The number of hydrogen-bond donors (Lipinski definition) is 1. The van der Waals surface area contributed by atoms with Crippen LogP contribution >= 0.6 is 0 Å². The molecule has 0 unspecified atom stereocenters. The lowest BCUT2D eigenvalue weighted by molar-refractivity contribution is 0.782. The Morgan fingerprint density at radius 3 is 2.53 bits per heavy atom. The molecule has 7 heteroatoms. The van der Waals surface area contributed by atoms with E-state index in [-0.39, 0.29) is 5.95 Å². The van der Waals surface area contributed by atoms with Crippen LogP contribution in [0.1, 0.15) is 12.8 Å². The minimum atomic E-state index is 0.229. The van der Waals surface area contributed by atoms with Gasteiger partial charge in [-0.1, -0.05) is 0 Å². The molecular formula is C10H13N7. The summed E-state index contributed by atoms with van der Waals surface area (Å²) in [5.41, 5.74) is 5.70. The number of aromatic nitrogens is 5. The molecule has 2 N–H and O–H groups in total. The summed E-state index contributed by atoms with van der Waals surface area (Å²) in [5.74, 6) is 1.33. The van der Waals surface area contributed by atoms with E-state index in [1.807, 2.05) is 6.07 Å². The summed E-state index contributed by atoms with van der Waals surface area (Å²) in [6.45, 7) is 1.95. The van der Waals surface area contributed by atoms with Crippen LogP contribution in [0.15, 0.2) is 18.5 Å². The zero-order chi connectivity index (χ0) is 11.7. The maximum atomic E-state index is 5.70. The Bertz CT molecular complexity index is 501. The lowest BCUT2D eigenvalue weighted by Gasteiger charge is -2.15. The molecule has 7 nitrogen and oxygen atoms in total. The first kappa shape index (κ1) is 10.0. The van der Waals surface area contributed by atoms with Gasteiger partial charge in [-0.2, -0.15) is 20.1 Å². The Balaban J connectivity index is 2.00. The van der Waals surface area contributed by atoms with Gasteiger partial charge in [0, 0.05) is 25.5 Å². The molecule has 1 aliphatic heterocycles. The van der Waals surface area contributed by atoms with Crippen molar-refractivity contribution in [2.45, 2.75) is 12.8 Å². The summed E-state index contributed by atoms with van der Waals surface area (Å²) in [6, 6.07) is 1.81. The van der Waals surface area contributed by atoms with Crippen molar-refractivity contribution in [2.75, 3.05) is 23.7 Å². The fraction of sp³-hybridized carbons (Fsp3) is 0.400. The summed E-state index contributed by atoms with van der Waals surface area (Å²) in [5, 5.41) is 4.09. The smallest absolute Gasteiger partial charge is 0.257 e. The summed E-state index contributed by atoms with van der Waals surface area (Å²) in [4.78, 5) is 14.7. The van der Waals surface area contributed by atoms with Gasteiger partial charge in [-0.25, -0.2) is 4.68 Å². The van der Waals surface area contributed by atoms with Crippen molar-refractivity contribution in [2.24, 2.45) is 0 Å². The second-order valence-corrected chi connectivity index (χ2v) is 3.94. The Morgan fingerprint density at radius 2 is 1.82 bits per heavy atom. The number of nitrogens with zero attached hydrogens (tertiary/aromatic N) is 6. The number of anilines is 2. The van der Waals surface area contributed by atoms with Crippen LogP contribution in [0.5, 0.6) is 0 Å². The van der Waals surface area contributed by atoms with Crippen LogP contribution in [0.3, 0.4) is 0 Å². The molecule has 3 rings (SSSR count). The molecule has 0 atom stereocenters. The van der Waals surface area contributed by atoms with E-state index in [2.05, 4.69) is 25.0 Å². The molecule has 3 heterocycles. The molecule has 0 aliphatic carbocycles. The van der Waals surface area contributed by atoms with Gasteiger partial charge in [0.2, 0.25) is 11.9 Å². The standard InChI is InChI=1S/C10H13N7/c11-8-13-9(16-5-1-2-6-16)15-10(14-8)17-7-3-4-12-17/h3-4,7H,1-2,5-6H2,(H2,11,13,14,15). The molecule has 88 valence electrons. The predicted octanol–water partition coefficient (Wildman–Crippen LogP) is 0.240. The second-order valence-electron chi connectivity index (χ2n) is 3.94. The summed E-state index contributed by atoms with van der Waals surface area (Å²) >= 11 is 0. The van der Waals surface area contributed by atoms with Gasteiger partial charge in [0.1, 0.15) is 0 Å². The first-order valence-electron chi connectivity index (χ1n) is 5.59. The highest BCUT2D eigenvalue weighted by Crippen LogP contribution is 2.16. The van der Waals surface area contributed by atoms with Crippen LogP contribution in [0.4, 0.5) is 11.9 Å². The van der Waals surface area contributed by atoms with E-state index >= 15 is 0 Å². The third kappa shape index (κ3) is 1.91. The molecular weight excluding hydrogens is 218 g/mol. The van der Waals surface area contributed by atoms with E-state index < -0.39 is 0 Å². The van der Waals surface area contributed by atoms with Gasteiger partial charge in [-0.3, -0.25) is 0 Å². The van der Waals surface area contributed by atoms with Gasteiger partial charge < -0.3 is 10.6 Å². The third-order valence-electron chi connectivity index (χ3n) is 2.73. The second kappa shape index (κ2) is 4.00. The topological polar surface area (TPSA) is 85.8 Å². The minimum absolute atomic E-state index is 0.229. The van der Waals surface area contributed by atoms with Crippen LogP contribution in [0.25, 0.3) is 5.95 Å². The lowest BCUT2D eigenvalue weighted by atomic mass is 10.4. The number of rotatable bonds is 2. The van der Waals surface area contributed by atoms with Gasteiger partial charge in [0.25, 0.3) is 5.95 Å². The Hall–Kier alpha value is -2.18. The summed E-state index contributed by atoms with van der Waals surface area (Å²) in [7, 11) is 0. The highest BCUT2D eigenvalue weighted by Gasteiger charge is 2.17. The van der Waals surface area contributed by atoms with Gasteiger partial charge in [0.15, 0.2) is 0 Å². The zero-order valence-electron chi connectivity index (χ0n) is 9.32. The number of nitrogens with two attached hydrogens (primary N) is 1. The van der Waals surface area contributed by atoms with E-state index in [1.165, 1.54) is 12.8 Å². The van der Waals surface area contributed by atoms with E-state index in [0.29, 0.717) is 11.9 Å². The minimum Gasteiger partial charge on any atom is -0.368 e. The first-order valence-corrected chi connectivity index (χ1v) is 5.59. The van der Waals surface area contributed by atoms with E-state index in [0.717, 1.165) is 13.1 Å². The van der Waals surface area contributed by atoms with Crippen LogP contribution in [0.2, 0.25) is 0 Å². The third-order valence-corrected chi connectivity index (χ3v) is 2.73. The molecule has 0 radical (unpaired) electrons. The fourth-order valence-corrected chi connectivity index (χ4v) is 1.92. The molecule has 1 saturated heterocycles. The maximum Gasteiger partial charge on any atom is 0.257 e. The molecule has 0 bridgehead atoms. The van der Waals surface area contributed by atoms with E-state index in [4.69, 9.17) is 5.73 Å². The highest BCUT2D eigenvalue weighted by atomic mass is 15.4. The molecule has 1 fully saturated rings. The van der Waals surface area contributed by atoms with Crippen molar-refractivity contribution in [3.05, 3.63) is 18.5 Å². The van der Waals surface area contributed by atoms with Gasteiger partial charge in [-0.05, 0) is 18.9 Å². The number of nitrogen functional groups attached to an aromatic ring is 1. The van der Waals surface area contributed by atoms with Crippen LogP contribution in [-0.2, 0) is 0 Å². The van der Waals surface area contributed by atoms with Crippen LogP contribution in [0, 0.1) is 0 Å². The van der Waals surface area contributed by atoms with Gasteiger partial charge >= 0.3 is 0 Å². The number of hydrogen-bond acceptors (Lipinski definition) is 6. The van der Waals surface area contributed by atoms with E-state index in [9.17, 15) is 0 Å². The first-order chi connectivity index (χ1) is 8.33. The van der Waals surface area contributed by atoms with Crippen molar-refractivity contribution in [1.82, 2.24) is 24.7 Å². The van der Waals surface area contributed by atoms with Crippen LogP contribution in [-0.4, -0.2) is 37.8 Å². The Labute approximate surface area is 98.3 Å². The molecule has 0 aromatic carbocycles. The lowest BCUT2D eigenvalue weighted by Crippen LogP contribution is -2.22. The van der Waals surface area contributed by atoms with Crippen molar-refractivity contribution < 1.29 is 0 Å². The average molecular weight is 231 g/mol. The molecule has 17 heavy (non-hydrogen) atoms. The molecule has 0 saturated carbocycles. The SMILES string of the molecule is Nc1nc(N2CCCC2)nc(-n2cccn2)n1. The van der Waals surface area contributed by atoms with Gasteiger partial charge in [0.05, 0.1) is 0 Å². The van der Waals surface area contributed by atoms with Gasteiger partial charge in [-0.15, -0.1) is 0 Å². The summed E-state index contributed by atoms with van der Waals surface area (Å²) in [6.07, 6.45) is 5.80. The Kier molecular flexibility index (Phi) is 2.36. The van der Waals surface area contributed by atoms with Crippen molar-refractivity contribution >= 4 is 11.9 Å². The fourth-order valence-electron chi connectivity index (χ4n) is 1.92. The molecule has 0 spiro atoms. The van der Waals surface area contributed by atoms with Crippen LogP contribution < -0.4 is 10.6 Å². The Morgan fingerprint density at radius 1 is 1.06 bits per heavy atom. The van der Waals surface area contributed by atoms with E-state index in [1.54, 1.807) is 17.1 Å². The normalized spacial score (nSPS) is 15.4. The monoisotopic (exact) mass is 231 g/mol. The maximum absolute atomic E-state index is 5.70. The highest BCUT2D eigenvalue weighted by molar-refractivity contribution is 5.38.